The zero-order valence-electron chi connectivity index (χ0n) is 11.8. The Morgan fingerprint density at radius 3 is 2.79 bits per heavy atom. The van der Waals surface area contributed by atoms with Gasteiger partial charge in [-0.15, -0.1) is 0 Å². The van der Waals surface area contributed by atoms with E-state index in [0.717, 1.165) is 30.5 Å². The zero-order valence-corrected chi connectivity index (χ0v) is 11.8. The SMILES string of the molecule is CCCCC(N)C(=O)Nc1ccccc1COCC. The first-order valence-corrected chi connectivity index (χ1v) is 6.91. The minimum atomic E-state index is -0.444. The number of benzene rings is 1. The molecule has 4 nitrogen and oxygen atoms in total. The molecule has 0 saturated heterocycles. The number of carbonyl (C=O) groups excluding carboxylic acids is 1. The van der Waals surface area contributed by atoms with Gasteiger partial charge >= 0.3 is 0 Å². The zero-order chi connectivity index (χ0) is 14.1. The summed E-state index contributed by atoms with van der Waals surface area (Å²) >= 11 is 0. The summed E-state index contributed by atoms with van der Waals surface area (Å²) in [7, 11) is 0. The lowest BCUT2D eigenvalue weighted by Gasteiger charge is -2.14. The molecule has 1 aromatic rings. The number of hydrogen-bond acceptors (Lipinski definition) is 3. The van der Waals surface area contributed by atoms with Crippen LogP contribution in [0.3, 0.4) is 0 Å². The van der Waals surface area contributed by atoms with Crippen molar-refractivity contribution in [2.75, 3.05) is 11.9 Å². The molecule has 1 aromatic carbocycles. The third-order valence-corrected chi connectivity index (χ3v) is 2.94. The van der Waals surface area contributed by atoms with E-state index in [1.54, 1.807) is 0 Å². The van der Waals surface area contributed by atoms with E-state index in [1.807, 2.05) is 31.2 Å². The van der Waals surface area contributed by atoms with Crippen LogP contribution in [0.25, 0.3) is 0 Å². The molecular formula is C15H24N2O2. The van der Waals surface area contributed by atoms with E-state index in [4.69, 9.17) is 10.5 Å². The van der Waals surface area contributed by atoms with E-state index >= 15 is 0 Å². The quantitative estimate of drug-likeness (QED) is 0.758. The summed E-state index contributed by atoms with van der Waals surface area (Å²) in [4.78, 5) is 12.0. The molecule has 0 bridgehead atoms. The van der Waals surface area contributed by atoms with Crippen LogP contribution in [0.15, 0.2) is 24.3 Å². The van der Waals surface area contributed by atoms with Crippen LogP contribution in [-0.2, 0) is 16.1 Å². The molecule has 0 aliphatic carbocycles. The van der Waals surface area contributed by atoms with Crippen molar-refractivity contribution in [3.8, 4) is 0 Å². The molecule has 19 heavy (non-hydrogen) atoms. The first kappa shape index (κ1) is 15.7. The number of nitrogens with two attached hydrogens (primary N) is 1. The number of carbonyl (C=O) groups is 1. The van der Waals surface area contributed by atoms with Crippen LogP contribution < -0.4 is 11.1 Å². The number of anilines is 1. The van der Waals surface area contributed by atoms with Crippen molar-refractivity contribution in [1.29, 1.82) is 0 Å². The Labute approximate surface area is 115 Å². The summed E-state index contributed by atoms with van der Waals surface area (Å²) in [5.74, 6) is -0.127. The van der Waals surface area contributed by atoms with Gasteiger partial charge in [-0.05, 0) is 19.4 Å². The van der Waals surface area contributed by atoms with Crippen molar-refractivity contribution >= 4 is 11.6 Å². The average molecular weight is 264 g/mol. The Morgan fingerprint density at radius 1 is 1.37 bits per heavy atom. The normalized spacial score (nSPS) is 12.2. The first-order chi connectivity index (χ1) is 9.19. The van der Waals surface area contributed by atoms with Crippen molar-refractivity contribution in [1.82, 2.24) is 0 Å². The van der Waals surface area contributed by atoms with Gasteiger partial charge in [-0.1, -0.05) is 38.0 Å². The summed E-state index contributed by atoms with van der Waals surface area (Å²) in [6.45, 7) is 5.18. The van der Waals surface area contributed by atoms with Crippen molar-refractivity contribution in [3.05, 3.63) is 29.8 Å². The number of hydrogen-bond donors (Lipinski definition) is 2. The van der Waals surface area contributed by atoms with E-state index in [2.05, 4.69) is 12.2 Å². The van der Waals surface area contributed by atoms with E-state index in [-0.39, 0.29) is 5.91 Å². The summed E-state index contributed by atoms with van der Waals surface area (Å²) in [6.07, 6.45) is 2.73. The smallest absolute Gasteiger partial charge is 0.241 e. The average Bonchev–Trinajstić information content (AvgIpc) is 2.43. The predicted molar refractivity (Wildman–Crippen MR) is 77.9 cm³/mol. The van der Waals surface area contributed by atoms with E-state index < -0.39 is 6.04 Å². The Balaban J connectivity index is 2.62. The number of unbranched alkanes of at least 4 members (excludes halogenated alkanes) is 1. The molecule has 1 atom stereocenters. The number of amides is 1. The largest absolute Gasteiger partial charge is 0.377 e. The monoisotopic (exact) mass is 264 g/mol. The maximum Gasteiger partial charge on any atom is 0.241 e. The van der Waals surface area contributed by atoms with Crippen molar-refractivity contribution in [3.63, 3.8) is 0 Å². The molecule has 4 heteroatoms. The fourth-order valence-electron chi connectivity index (χ4n) is 1.76. The summed E-state index contributed by atoms with van der Waals surface area (Å²) in [5.41, 5.74) is 7.62. The lowest BCUT2D eigenvalue weighted by atomic mass is 10.1. The van der Waals surface area contributed by atoms with Gasteiger partial charge in [0.1, 0.15) is 0 Å². The van der Waals surface area contributed by atoms with Crippen LogP contribution in [0.5, 0.6) is 0 Å². The highest BCUT2D eigenvalue weighted by molar-refractivity contribution is 5.95. The molecule has 0 aliphatic rings. The topological polar surface area (TPSA) is 64.4 Å². The number of ether oxygens (including phenoxy) is 1. The van der Waals surface area contributed by atoms with Crippen molar-refractivity contribution < 1.29 is 9.53 Å². The van der Waals surface area contributed by atoms with Crippen LogP contribution in [0, 0.1) is 0 Å². The number of rotatable bonds is 8. The van der Waals surface area contributed by atoms with Crippen LogP contribution >= 0.6 is 0 Å². The Hall–Kier alpha value is -1.39. The molecule has 0 fully saturated rings. The molecule has 0 aromatic heterocycles. The van der Waals surface area contributed by atoms with Crippen molar-refractivity contribution in [2.45, 2.75) is 45.8 Å². The van der Waals surface area contributed by atoms with Gasteiger partial charge in [-0.25, -0.2) is 0 Å². The van der Waals surface area contributed by atoms with Gasteiger partial charge in [0.2, 0.25) is 5.91 Å². The van der Waals surface area contributed by atoms with E-state index in [0.29, 0.717) is 13.2 Å². The van der Waals surface area contributed by atoms with Gasteiger partial charge in [0, 0.05) is 17.9 Å². The second-order valence-electron chi connectivity index (χ2n) is 4.53. The van der Waals surface area contributed by atoms with Gasteiger partial charge in [0.05, 0.1) is 12.6 Å². The van der Waals surface area contributed by atoms with E-state index in [1.165, 1.54) is 0 Å². The Morgan fingerprint density at radius 2 is 2.11 bits per heavy atom. The fourth-order valence-corrected chi connectivity index (χ4v) is 1.76. The van der Waals surface area contributed by atoms with Crippen LogP contribution in [-0.4, -0.2) is 18.6 Å². The highest BCUT2D eigenvalue weighted by Gasteiger charge is 2.14. The summed E-state index contributed by atoms with van der Waals surface area (Å²) in [6, 6.07) is 7.20. The Kier molecular flexibility index (Phi) is 7.15. The molecule has 0 radical (unpaired) electrons. The number of nitrogens with one attached hydrogen (secondary N) is 1. The minimum absolute atomic E-state index is 0.127. The first-order valence-electron chi connectivity index (χ1n) is 6.91. The molecule has 1 amide bonds. The molecule has 1 unspecified atom stereocenters. The molecule has 0 heterocycles. The maximum atomic E-state index is 12.0. The number of para-hydroxylation sites is 1. The predicted octanol–water partition coefficient (Wildman–Crippen LogP) is 2.68. The molecule has 0 spiro atoms. The van der Waals surface area contributed by atoms with Gasteiger partial charge in [0.25, 0.3) is 0 Å². The van der Waals surface area contributed by atoms with Crippen LogP contribution in [0.2, 0.25) is 0 Å². The highest BCUT2D eigenvalue weighted by Crippen LogP contribution is 2.16. The lowest BCUT2D eigenvalue weighted by molar-refractivity contribution is -0.117. The highest BCUT2D eigenvalue weighted by atomic mass is 16.5. The van der Waals surface area contributed by atoms with Gasteiger partial charge < -0.3 is 15.8 Å². The Bertz CT molecular complexity index is 393. The van der Waals surface area contributed by atoms with Gasteiger partial charge in [0.15, 0.2) is 0 Å². The molecule has 1 rings (SSSR count). The third kappa shape index (κ3) is 5.41. The standard InChI is InChI=1S/C15H24N2O2/c1-3-5-9-13(16)15(18)17-14-10-7-6-8-12(14)11-19-4-2/h6-8,10,13H,3-5,9,11,16H2,1-2H3,(H,17,18). The van der Waals surface area contributed by atoms with E-state index in [9.17, 15) is 4.79 Å². The second kappa shape index (κ2) is 8.67. The fraction of sp³-hybridized carbons (Fsp3) is 0.533. The third-order valence-electron chi connectivity index (χ3n) is 2.94. The molecule has 0 saturated carbocycles. The lowest BCUT2D eigenvalue weighted by Crippen LogP contribution is -2.35. The van der Waals surface area contributed by atoms with Crippen LogP contribution in [0.1, 0.15) is 38.7 Å². The van der Waals surface area contributed by atoms with Gasteiger partial charge in [-0.2, -0.15) is 0 Å². The molecule has 106 valence electrons. The molecular weight excluding hydrogens is 240 g/mol. The van der Waals surface area contributed by atoms with Crippen molar-refractivity contribution in [2.24, 2.45) is 5.73 Å². The summed E-state index contributed by atoms with van der Waals surface area (Å²) in [5, 5.41) is 2.88. The van der Waals surface area contributed by atoms with Crippen LogP contribution in [0.4, 0.5) is 5.69 Å². The molecule has 3 N–H and O–H groups in total. The second-order valence-corrected chi connectivity index (χ2v) is 4.53. The minimum Gasteiger partial charge on any atom is -0.377 e. The van der Waals surface area contributed by atoms with Gasteiger partial charge in [-0.3, -0.25) is 4.79 Å². The molecule has 0 aliphatic heterocycles. The summed E-state index contributed by atoms with van der Waals surface area (Å²) < 4.78 is 5.38. The maximum absolute atomic E-state index is 12.0.